The van der Waals surface area contributed by atoms with Gasteiger partial charge in [0.25, 0.3) is 5.89 Å². The first-order chi connectivity index (χ1) is 42.7. The molecule has 2 N–H and O–H groups in total. The Morgan fingerprint density at radius 2 is 1.38 bits per heavy atom. The number of nitrogens with zero attached hydrogens (tertiary/aromatic N) is 10. The summed E-state index contributed by atoms with van der Waals surface area (Å²) in [6.45, 7) is 4.19. The van der Waals surface area contributed by atoms with E-state index in [4.69, 9.17) is 43.8 Å². The van der Waals surface area contributed by atoms with Crippen LogP contribution in [0, 0.1) is 24.7 Å². The van der Waals surface area contributed by atoms with E-state index in [9.17, 15) is 0 Å². The minimum atomic E-state index is -0.215. The second-order valence-corrected chi connectivity index (χ2v) is 23.1. The lowest BCUT2D eigenvalue weighted by Crippen LogP contribution is -2.30. The van der Waals surface area contributed by atoms with Crippen LogP contribution in [0.25, 0.3) is 121 Å². The zero-order valence-electron chi connectivity index (χ0n) is 46.6. The van der Waals surface area contributed by atoms with Gasteiger partial charge < -0.3 is 27.5 Å². The average Bonchev–Trinajstić information content (AvgIpc) is 1.74. The molecule has 2 aliphatic heterocycles. The molecular weight excluding hydrogens is 1100 g/mol. The molecule has 0 saturated carbocycles. The first-order valence-corrected chi connectivity index (χ1v) is 29.3. The number of ether oxygens (including phenoxy) is 1. The first-order valence-electron chi connectivity index (χ1n) is 28.5. The normalized spacial score (nSPS) is 15.4. The van der Waals surface area contributed by atoms with E-state index in [1.807, 2.05) is 110 Å². The van der Waals surface area contributed by atoms with Crippen molar-refractivity contribution in [1.82, 2.24) is 39.9 Å². The Morgan fingerprint density at radius 3 is 2.22 bits per heavy atom. The van der Waals surface area contributed by atoms with E-state index in [0.717, 1.165) is 138 Å². The van der Waals surface area contributed by atoms with Crippen LogP contribution >= 0.6 is 11.3 Å². The van der Waals surface area contributed by atoms with Gasteiger partial charge in [0.2, 0.25) is 29.5 Å². The number of hydrogen-bond acceptors (Lipinski definition) is 16. The smallest absolute Gasteiger partial charge is 0.266 e. The molecule has 2 atom stereocenters. The molecule has 10 heterocycles. The van der Waals surface area contributed by atoms with Gasteiger partial charge in [-0.2, -0.15) is 0 Å². The summed E-state index contributed by atoms with van der Waals surface area (Å²) in [5.74, 6) is 1.30. The molecule has 3 aliphatic rings. The summed E-state index contributed by atoms with van der Waals surface area (Å²) < 4.78 is 29.7. The molecule has 6 aromatic carbocycles. The zero-order chi connectivity index (χ0) is 58.0. The van der Waals surface area contributed by atoms with E-state index in [2.05, 4.69) is 122 Å². The molecule has 1 aliphatic carbocycles. The summed E-state index contributed by atoms with van der Waals surface area (Å²) in [4.78, 5) is 21.1. The molecule has 0 bridgehead atoms. The third-order valence-corrected chi connectivity index (χ3v) is 17.9. The molecule has 17 rings (SSSR count). The molecule has 0 saturated heterocycles. The number of aliphatic imine (C=N–C) groups is 1. The summed E-state index contributed by atoms with van der Waals surface area (Å²) in [5.41, 5.74) is 15.3. The number of hydrogen-bond donors (Lipinski definition) is 2. The molecule has 0 amide bonds. The van der Waals surface area contributed by atoms with Crippen LogP contribution in [0.3, 0.4) is 0 Å². The van der Waals surface area contributed by atoms with Crippen LogP contribution < -0.4 is 4.90 Å². The van der Waals surface area contributed by atoms with Crippen LogP contribution in [0.2, 0.25) is 0 Å². The minimum absolute atomic E-state index is 0.0800. The van der Waals surface area contributed by atoms with Gasteiger partial charge in [0.05, 0.1) is 17.1 Å². The molecule has 87 heavy (non-hydrogen) atoms. The largest absolute Gasteiger partial charge is 0.456 e. The number of allylic oxidation sites excluding steroid dienone is 4. The molecule has 8 aromatic heterocycles. The average molecular weight is 1150 g/mol. The number of fused-ring (bicyclic) bond motifs is 12. The predicted molar refractivity (Wildman–Crippen MR) is 342 cm³/mol. The Morgan fingerprint density at radius 1 is 0.621 bits per heavy atom. The third-order valence-electron chi connectivity index (χ3n) is 16.8. The number of furan rings is 1. The lowest BCUT2D eigenvalue weighted by Gasteiger charge is -2.28. The van der Waals surface area contributed by atoms with Crippen LogP contribution in [-0.2, 0) is 4.74 Å². The minimum Gasteiger partial charge on any atom is -0.456 e. The van der Waals surface area contributed by atoms with Gasteiger partial charge >= 0.3 is 0 Å². The number of anilines is 2. The van der Waals surface area contributed by atoms with Crippen LogP contribution in [0.5, 0.6) is 0 Å². The predicted octanol–water partition coefficient (Wildman–Crippen LogP) is 16.6. The summed E-state index contributed by atoms with van der Waals surface area (Å²) in [7, 11) is 0. The molecule has 0 fully saturated rings. The number of benzene rings is 6. The third kappa shape index (κ3) is 8.18. The zero-order valence-corrected chi connectivity index (χ0v) is 47.4. The topological polar surface area (TPSA) is 207 Å². The van der Waals surface area contributed by atoms with Gasteiger partial charge in [-0.25, -0.2) is 0 Å². The van der Waals surface area contributed by atoms with Crippen molar-refractivity contribution in [3.8, 4) is 51.3 Å². The van der Waals surface area contributed by atoms with Gasteiger partial charge in [-0.1, -0.05) is 60.7 Å². The van der Waals surface area contributed by atoms with Crippen molar-refractivity contribution in [2.24, 2.45) is 4.99 Å². The summed E-state index contributed by atoms with van der Waals surface area (Å²) in [6.07, 6.45) is 21.4. The van der Waals surface area contributed by atoms with Crippen LogP contribution in [-0.4, -0.2) is 64.0 Å². The van der Waals surface area contributed by atoms with Gasteiger partial charge in [0.15, 0.2) is 0 Å². The molecule has 16 nitrogen and oxygen atoms in total. The van der Waals surface area contributed by atoms with Crippen LogP contribution in [0.15, 0.2) is 207 Å². The van der Waals surface area contributed by atoms with E-state index in [-0.39, 0.29) is 23.8 Å². The van der Waals surface area contributed by atoms with Gasteiger partial charge in [0, 0.05) is 130 Å². The maximum absolute atomic E-state index is 8.95. The van der Waals surface area contributed by atoms with Crippen molar-refractivity contribution in [2.45, 2.75) is 38.6 Å². The van der Waals surface area contributed by atoms with E-state index >= 15 is 0 Å². The van der Waals surface area contributed by atoms with Crippen molar-refractivity contribution >= 4 is 110 Å². The summed E-state index contributed by atoms with van der Waals surface area (Å²) >= 11 is 1.65. The van der Waals surface area contributed by atoms with Crippen LogP contribution in [0.1, 0.15) is 52.6 Å². The van der Waals surface area contributed by atoms with E-state index < -0.39 is 0 Å². The lowest BCUT2D eigenvalue weighted by molar-refractivity contribution is 0.535. The second kappa shape index (κ2) is 19.6. The van der Waals surface area contributed by atoms with Gasteiger partial charge in [-0.05, 0) is 146 Å². The van der Waals surface area contributed by atoms with Gasteiger partial charge in [-0.15, -0.1) is 31.7 Å². The van der Waals surface area contributed by atoms with Crippen LogP contribution in [0.4, 0.5) is 11.4 Å². The fourth-order valence-corrected chi connectivity index (χ4v) is 13.8. The number of thiophene rings is 1. The van der Waals surface area contributed by atoms with Crippen molar-refractivity contribution in [2.75, 3.05) is 4.90 Å². The van der Waals surface area contributed by atoms with Crippen molar-refractivity contribution < 1.29 is 18.0 Å². The highest BCUT2D eigenvalue weighted by Crippen LogP contribution is 2.49. The molecule has 17 heteroatoms. The monoisotopic (exact) mass is 1150 g/mol. The molecule has 416 valence electrons. The summed E-state index contributed by atoms with van der Waals surface area (Å²) in [6, 6.07) is 44.6. The second-order valence-electron chi connectivity index (χ2n) is 22.0. The molecular formula is C70H46N12O4S. The number of nitrogens with one attached hydrogen (secondary N) is 2. The van der Waals surface area contributed by atoms with E-state index in [1.54, 1.807) is 23.5 Å². The molecule has 0 spiro atoms. The number of aryl methyl sites for hydroxylation is 2. The van der Waals surface area contributed by atoms with Gasteiger partial charge in [-0.3, -0.25) is 30.8 Å². The maximum Gasteiger partial charge on any atom is 0.266 e. The highest BCUT2D eigenvalue weighted by Gasteiger charge is 2.40. The molecule has 0 radical (unpaired) electrons. The highest BCUT2D eigenvalue weighted by atomic mass is 32.1. The fraction of sp³-hybridized carbons (Fsp3) is 0.0857. The van der Waals surface area contributed by atoms with E-state index in [1.165, 1.54) is 0 Å². The number of aromatic nitrogens is 8. The fourth-order valence-electron chi connectivity index (χ4n) is 12.7. The first kappa shape index (κ1) is 50.2. The van der Waals surface area contributed by atoms with Gasteiger partial charge in [0.1, 0.15) is 22.6 Å². The van der Waals surface area contributed by atoms with E-state index in [0.29, 0.717) is 40.5 Å². The highest BCUT2D eigenvalue weighted by molar-refractivity contribution is 7.25. The summed E-state index contributed by atoms with van der Waals surface area (Å²) in [5, 5.41) is 41.5. The SMILES string of the molecule is Cc1cc(N2c3cc(C(=N)OC(=N)c4ccccc4)ncc3C3C=NC=CC32)cc2c1oc1c(C)cc(-n3c4ccncc4c4cc(-c5cc6c(cc5-c5nnc(-c7ccccc7)o5)sc5cc(-c7nnc(C8=CC=CCC8)o7)ncc56)ccc43)cc12. The quantitative estimate of drug-likeness (QED) is 0.102. The Labute approximate surface area is 498 Å². The lowest BCUT2D eigenvalue weighted by atomic mass is 9.96. The Balaban J connectivity index is 0.781. The molecule has 14 aromatic rings. The Bertz CT molecular complexity index is 5380. The van der Waals surface area contributed by atoms with Crippen molar-refractivity contribution in [3.63, 3.8) is 0 Å². The Kier molecular flexibility index (Phi) is 11.3. The maximum atomic E-state index is 8.95. The molecule has 2 unspecified atom stereocenters. The standard InChI is InChI=1S/C70H46N12O4S/c1-37-24-43(27-48-49-28-44(25-38(2)64(49)83-63(37)48)82-59-21-23-74-34-52(59)53-35-75-55(31-60(53)82)66(72)84-65(71)39-12-6-3-7-13-39)81-57-19-18-42(26-46(57)51-33-73-22-20-58(51)81)45-29-47-54-36-76-56(70-80-78-68(86-70)41-16-10-5-11-17-41)32-62(54)87-61(47)30-50(45)69-79-77-67(85-69)40-14-8-4-9-15-40/h3-10,12-16,18-36,52,59,71-72H,11,17H2,1-2H3. The van der Waals surface area contributed by atoms with Crippen molar-refractivity contribution in [1.29, 1.82) is 10.8 Å². The Hall–Kier alpha value is -11.3. The number of pyridine rings is 3. The number of rotatable bonds is 9. The van der Waals surface area contributed by atoms with Crippen molar-refractivity contribution in [3.05, 3.63) is 223 Å².